The fourth-order valence-corrected chi connectivity index (χ4v) is 5.12. The molecule has 0 spiro atoms. The van der Waals surface area contributed by atoms with Crippen molar-refractivity contribution in [3.05, 3.63) is 100 Å². The number of nitrogen functional groups attached to an aromatic ring is 1. The Morgan fingerprint density at radius 1 is 1.02 bits per heavy atom. The van der Waals surface area contributed by atoms with Crippen molar-refractivity contribution in [2.45, 2.75) is 13.0 Å². The van der Waals surface area contributed by atoms with Gasteiger partial charge in [-0.1, -0.05) is 48.0 Å². The van der Waals surface area contributed by atoms with Crippen LogP contribution in [0.3, 0.4) is 0 Å². The van der Waals surface area contributed by atoms with Gasteiger partial charge in [0.2, 0.25) is 16.0 Å². The summed E-state index contributed by atoms with van der Waals surface area (Å²) in [5.74, 6) is 0.862. The number of nitrogens with two attached hydrogens (primary N) is 1. The summed E-state index contributed by atoms with van der Waals surface area (Å²) in [6, 6.07) is 20.8. The Bertz CT molecular complexity index is 1900. The van der Waals surface area contributed by atoms with Crippen molar-refractivity contribution in [1.82, 2.24) is 19.5 Å². The molecule has 204 valence electrons. The molecule has 0 fully saturated rings. The van der Waals surface area contributed by atoms with Crippen LogP contribution in [0.25, 0.3) is 27.7 Å². The zero-order valence-electron chi connectivity index (χ0n) is 21.9. The van der Waals surface area contributed by atoms with Gasteiger partial charge in [-0.05, 0) is 48.9 Å². The van der Waals surface area contributed by atoms with Gasteiger partial charge in [0.05, 0.1) is 39.6 Å². The van der Waals surface area contributed by atoms with Crippen LogP contribution in [-0.4, -0.2) is 41.2 Å². The Labute approximate surface area is 236 Å². The van der Waals surface area contributed by atoms with Crippen LogP contribution < -0.4 is 20.9 Å². The number of hydrogen-bond acceptors (Lipinski definition) is 8. The number of sulfonamides is 1. The van der Waals surface area contributed by atoms with Gasteiger partial charge in [-0.3, -0.25) is 13.7 Å². The van der Waals surface area contributed by atoms with E-state index in [2.05, 4.69) is 15.3 Å². The van der Waals surface area contributed by atoms with E-state index in [0.29, 0.717) is 50.1 Å². The molecule has 5 aromatic rings. The molecule has 5 rings (SSSR count). The third-order valence-corrected chi connectivity index (χ3v) is 7.97. The van der Waals surface area contributed by atoms with E-state index in [1.54, 1.807) is 42.6 Å². The molecule has 3 N–H and O–H groups in total. The molecule has 40 heavy (non-hydrogen) atoms. The van der Waals surface area contributed by atoms with Crippen LogP contribution in [0.15, 0.2) is 83.8 Å². The Hall–Kier alpha value is -4.48. The average Bonchev–Trinajstić information content (AvgIpc) is 2.92. The van der Waals surface area contributed by atoms with Crippen molar-refractivity contribution in [2.24, 2.45) is 0 Å². The second-order valence-corrected chi connectivity index (χ2v) is 11.6. The van der Waals surface area contributed by atoms with Crippen molar-refractivity contribution in [2.75, 3.05) is 28.7 Å². The van der Waals surface area contributed by atoms with Gasteiger partial charge >= 0.3 is 0 Å². The molecule has 1 atom stereocenters. The van der Waals surface area contributed by atoms with Crippen LogP contribution in [0.1, 0.15) is 18.8 Å². The average molecular weight is 576 g/mol. The lowest BCUT2D eigenvalue weighted by Gasteiger charge is -2.22. The topological polar surface area (TPSA) is 136 Å². The van der Waals surface area contributed by atoms with Crippen molar-refractivity contribution in [3.8, 4) is 16.8 Å². The van der Waals surface area contributed by atoms with E-state index in [1.807, 2.05) is 43.3 Å². The minimum absolute atomic E-state index is 0.0431. The van der Waals surface area contributed by atoms with E-state index >= 15 is 0 Å². The number of nitrogens with one attached hydrogen (secondary N) is 1. The molecule has 0 unspecified atom stereocenters. The minimum atomic E-state index is -3.47. The van der Waals surface area contributed by atoms with E-state index in [0.717, 1.165) is 6.26 Å². The molecule has 0 saturated carbocycles. The van der Waals surface area contributed by atoms with Gasteiger partial charge in [0.1, 0.15) is 11.6 Å². The molecule has 0 radical (unpaired) electrons. The summed E-state index contributed by atoms with van der Waals surface area (Å²) < 4.78 is 26.9. The Kier molecular flexibility index (Phi) is 7.17. The lowest BCUT2D eigenvalue weighted by atomic mass is 10.1. The smallest absolute Gasteiger partial charge is 0.267 e. The molecule has 3 aromatic carbocycles. The molecular weight excluding hydrogens is 550 g/mol. The highest BCUT2D eigenvalue weighted by molar-refractivity contribution is 7.92. The molecule has 2 heterocycles. The zero-order chi connectivity index (χ0) is 28.6. The SMILES string of the molecule is C[C@H](Nc1nc(N)ncc1-c1cccc(N(C)S(C)(=O)=O)c1)c1nc2cccc(Cl)c2c(=O)n1-c1ccccc1. The number of fused-ring (bicyclic) bond motifs is 1. The predicted octanol–water partition coefficient (Wildman–Crippen LogP) is 4.65. The van der Waals surface area contributed by atoms with Crippen molar-refractivity contribution < 1.29 is 8.42 Å². The van der Waals surface area contributed by atoms with E-state index in [4.69, 9.17) is 22.3 Å². The van der Waals surface area contributed by atoms with Gasteiger partial charge in [-0.2, -0.15) is 4.98 Å². The van der Waals surface area contributed by atoms with Gasteiger partial charge < -0.3 is 11.1 Å². The van der Waals surface area contributed by atoms with E-state index in [9.17, 15) is 13.2 Å². The van der Waals surface area contributed by atoms with Crippen LogP contribution >= 0.6 is 11.6 Å². The maximum Gasteiger partial charge on any atom is 0.267 e. The molecule has 0 amide bonds. The van der Waals surface area contributed by atoms with Gasteiger partial charge in [-0.15, -0.1) is 0 Å². The monoisotopic (exact) mass is 575 g/mol. The summed E-state index contributed by atoms with van der Waals surface area (Å²) in [6.07, 6.45) is 2.70. The summed E-state index contributed by atoms with van der Waals surface area (Å²) in [6.45, 7) is 1.85. The number of para-hydroxylation sites is 1. The second-order valence-electron chi connectivity index (χ2n) is 9.22. The minimum Gasteiger partial charge on any atom is -0.368 e. The summed E-state index contributed by atoms with van der Waals surface area (Å²) in [4.78, 5) is 27.2. The first kappa shape index (κ1) is 27.1. The summed E-state index contributed by atoms with van der Waals surface area (Å²) >= 11 is 6.41. The first-order chi connectivity index (χ1) is 19.0. The molecule has 0 aliphatic heterocycles. The van der Waals surface area contributed by atoms with Gasteiger partial charge in [-0.25, -0.2) is 18.4 Å². The molecule has 0 aliphatic rings. The first-order valence-electron chi connectivity index (χ1n) is 12.2. The quantitative estimate of drug-likeness (QED) is 0.286. The van der Waals surface area contributed by atoms with Crippen LogP contribution in [0.2, 0.25) is 5.02 Å². The highest BCUT2D eigenvalue weighted by Gasteiger charge is 2.22. The number of benzene rings is 3. The Morgan fingerprint density at radius 2 is 1.75 bits per heavy atom. The summed E-state index contributed by atoms with van der Waals surface area (Å²) in [7, 11) is -1.98. The maximum absolute atomic E-state index is 13.8. The second kappa shape index (κ2) is 10.6. The van der Waals surface area contributed by atoms with Crippen LogP contribution in [0.4, 0.5) is 17.5 Å². The third kappa shape index (κ3) is 5.21. The maximum atomic E-state index is 13.8. The van der Waals surface area contributed by atoms with Crippen molar-refractivity contribution in [1.29, 1.82) is 0 Å². The van der Waals surface area contributed by atoms with Crippen LogP contribution in [0.5, 0.6) is 0 Å². The molecule has 0 saturated heterocycles. The van der Waals surface area contributed by atoms with E-state index < -0.39 is 16.1 Å². The third-order valence-electron chi connectivity index (χ3n) is 6.45. The molecule has 0 aliphatic carbocycles. The lowest BCUT2D eigenvalue weighted by Crippen LogP contribution is -2.27. The van der Waals surface area contributed by atoms with E-state index in [1.165, 1.54) is 15.9 Å². The molecular formula is C28H26ClN7O3S. The lowest BCUT2D eigenvalue weighted by molar-refractivity contribution is 0.600. The first-order valence-corrected chi connectivity index (χ1v) is 14.5. The highest BCUT2D eigenvalue weighted by atomic mass is 35.5. The normalized spacial score (nSPS) is 12.3. The largest absolute Gasteiger partial charge is 0.368 e. The molecule has 0 bridgehead atoms. The number of aromatic nitrogens is 4. The van der Waals surface area contributed by atoms with E-state index in [-0.39, 0.29) is 11.5 Å². The Balaban J connectivity index is 1.63. The molecule has 12 heteroatoms. The van der Waals surface area contributed by atoms with Crippen molar-refractivity contribution >= 4 is 50.0 Å². The molecule has 10 nitrogen and oxygen atoms in total. The number of nitrogens with zero attached hydrogens (tertiary/aromatic N) is 5. The number of anilines is 3. The summed E-state index contributed by atoms with van der Waals surface area (Å²) in [5.41, 5.74) is 8.48. The number of rotatable bonds is 7. The van der Waals surface area contributed by atoms with Gasteiger partial charge in [0, 0.05) is 18.8 Å². The number of hydrogen-bond donors (Lipinski definition) is 2. The number of halogens is 1. The van der Waals surface area contributed by atoms with Crippen LogP contribution in [0, 0.1) is 0 Å². The fraction of sp³-hybridized carbons (Fsp3) is 0.143. The highest BCUT2D eigenvalue weighted by Crippen LogP contribution is 2.32. The van der Waals surface area contributed by atoms with Crippen molar-refractivity contribution in [3.63, 3.8) is 0 Å². The van der Waals surface area contributed by atoms with Crippen LogP contribution in [-0.2, 0) is 10.0 Å². The van der Waals surface area contributed by atoms with Gasteiger partial charge in [0.15, 0.2) is 0 Å². The standard InChI is InChI=1S/C28H26ClN7O3S/c1-17(26-33-23-14-8-13-22(29)24(23)27(37)36(26)19-10-5-4-6-11-19)32-25-21(16-31-28(30)34-25)18-9-7-12-20(15-18)35(2)40(3,38)39/h4-17H,1-3H3,(H3,30,31,32,34)/t17-/m0/s1. The predicted molar refractivity (Wildman–Crippen MR) is 160 cm³/mol. The summed E-state index contributed by atoms with van der Waals surface area (Å²) in [5, 5.41) is 3.98. The Morgan fingerprint density at radius 3 is 2.48 bits per heavy atom. The fourth-order valence-electron chi connectivity index (χ4n) is 4.37. The zero-order valence-corrected chi connectivity index (χ0v) is 23.5. The van der Waals surface area contributed by atoms with Gasteiger partial charge in [0.25, 0.3) is 5.56 Å². The molecule has 2 aromatic heterocycles.